The molecule has 14 heavy (non-hydrogen) atoms. The van der Waals surface area contributed by atoms with E-state index in [1.54, 1.807) is 6.20 Å². The number of aromatic nitrogens is 2. The number of fused-ring (bicyclic) bond motifs is 1. The SMILES string of the molecule is NC[C@H]1CCn2ncc(C(N)=O)c2C1. The van der Waals surface area contributed by atoms with Crippen LogP contribution >= 0.6 is 0 Å². The van der Waals surface area contributed by atoms with Crippen molar-refractivity contribution in [2.45, 2.75) is 19.4 Å². The van der Waals surface area contributed by atoms with Gasteiger partial charge in [0.2, 0.25) is 0 Å². The average molecular weight is 194 g/mol. The minimum absolute atomic E-state index is 0.399. The molecule has 1 atom stereocenters. The van der Waals surface area contributed by atoms with Gasteiger partial charge in [-0.3, -0.25) is 9.48 Å². The Hall–Kier alpha value is -1.36. The van der Waals surface area contributed by atoms with Gasteiger partial charge in [0, 0.05) is 6.54 Å². The Morgan fingerprint density at radius 2 is 2.50 bits per heavy atom. The summed E-state index contributed by atoms with van der Waals surface area (Å²) in [5.74, 6) is 0.0567. The number of carbonyl (C=O) groups excluding carboxylic acids is 1. The molecule has 0 aromatic carbocycles. The molecule has 1 aromatic rings. The van der Waals surface area contributed by atoms with Crippen LogP contribution in [0.15, 0.2) is 6.20 Å². The lowest BCUT2D eigenvalue weighted by molar-refractivity contribution is 0.0998. The van der Waals surface area contributed by atoms with Gasteiger partial charge in [-0.25, -0.2) is 0 Å². The highest BCUT2D eigenvalue weighted by molar-refractivity contribution is 5.93. The molecule has 4 N–H and O–H groups in total. The third-order valence-electron chi connectivity index (χ3n) is 2.78. The van der Waals surface area contributed by atoms with Gasteiger partial charge < -0.3 is 11.5 Å². The number of nitrogens with two attached hydrogens (primary N) is 2. The van der Waals surface area contributed by atoms with E-state index in [0.29, 0.717) is 18.0 Å². The van der Waals surface area contributed by atoms with E-state index in [2.05, 4.69) is 5.10 Å². The molecule has 5 nitrogen and oxygen atoms in total. The lowest BCUT2D eigenvalue weighted by atomic mass is 9.94. The molecule has 1 amide bonds. The zero-order valence-corrected chi connectivity index (χ0v) is 7.94. The van der Waals surface area contributed by atoms with Crippen LogP contribution in [0.1, 0.15) is 22.5 Å². The highest BCUT2D eigenvalue weighted by atomic mass is 16.1. The molecule has 76 valence electrons. The Bertz CT molecular complexity index is 358. The molecule has 2 rings (SSSR count). The number of nitrogens with zero attached hydrogens (tertiary/aromatic N) is 2. The lowest BCUT2D eigenvalue weighted by Gasteiger charge is -2.22. The molecule has 1 aromatic heterocycles. The summed E-state index contributed by atoms with van der Waals surface area (Å²) < 4.78 is 1.85. The van der Waals surface area contributed by atoms with E-state index in [9.17, 15) is 4.79 Å². The first kappa shape index (κ1) is 9.21. The number of aryl methyl sites for hydroxylation is 1. The Labute approximate surface area is 82.1 Å². The highest BCUT2D eigenvalue weighted by Gasteiger charge is 2.23. The Kier molecular flexibility index (Phi) is 2.25. The second-order valence-corrected chi connectivity index (χ2v) is 3.69. The maximum atomic E-state index is 11.1. The van der Waals surface area contributed by atoms with E-state index in [1.807, 2.05) is 4.68 Å². The summed E-state index contributed by atoms with van der Waals surface area (Å²) in [4.78, 5) is 11.1. The second kappa shape index (κ2) is 3.42. The van der Waals surface area contributed by atoms with Gasteiger partial charge in [0.25, 0.3) is 5.91 Å². The molecule has 5 heteroatoms. The number of hydrogen-bond donors (Lipinski definition) is 2. The molecule has 1 aliphatic rings. The first-order valence-corrected chi connectivity index (χ1v) is 4.77. The summed E-state index contributed by atoms with van der Waals surface area (Å²) in [5, 5.41) is 4.12. The largest absolute Gasteiger partial charge is 0.365 e. The van der Waals surface area contributed by atoms with Crippen molar-refractivity contribution < 1.29 is 4.79 Å². The summed E-state index contributed by atoms with van der Waals surface area (Å²) in [6.07, 6.45) is 3.40. The number of hydrogen-bond acceptors (Lipinski definition) is 3. The quantitative estimate of drug-likeness (QED) is 0.665. The molecule has 0 radical (unpaired) electrons. The van der Waals surface area contributed by atoms with Crippen LogP contribution in [0.4, 0.5) is 0 Å². The minimum Gasteiger partial charge on any atom is -0.365 e. The molecular weight excluding hydrogens is 180 g/mol. The van der Waals surface area contributed by atoms with Gasteiger partial charge in [0.1, 0.15) is 0 Å². The van der Waals surface area contributed by atoms with E-state index < -0.39 is 5.91 Å². The smallest absolute Gasteiger partial charge is 0.252 e. The number of carbonyl (C=O) groups is 1. The van der Waals surface area contributed by atoms with E-state index in [4.69, 9.17) is 11.5 Å². The van der Waals surface area contributed by atoms with Crippen molar-refractivity contribution in [3.63, 3.8) is 0 Å². The van der Waals surface area contributed by atoms with Gasteiger partial charge in [-0.15, -0.1) is 0 Å². The average Bonchev–Trinajstić information content (AvgIpc) is 2.59. The van der Waals surface area contributed by atoms with E-state index in [0.717, 1.165) is 25.1 Å². The fourth-order valence-electron chi connectivity index (χ4n) is 1.91. The van der Waals surface area contributed by atoms with Gasteiger partial charge in [-0.2, -0.15) is 5.10 Å². The van der Waals surface area contributed by atoms with Gasteiger partial charge in [-0.1, -0.05) is 0 Å². The number of rotatable bonds is 2. The summed E-state index contributed by atoms with van der Waals surface area (Å²) in [5.41, 5.74) is 12.3. The van der Waals surface area contributed by atoms with Crippen molar-refractivity contribution in [2.75, 3.05) is 6.54 Å². The Morgan fingerprint density at radius 1 is 1.71 bits per heavy atom. The molecule has 0 saturated carbocycles. The third-order valence-corrected chi connectivity index (χ3v) is 2.78. The normalized spacial score (nSPS) is 20.5. The zero-order valence-electron chi connectivity index (χ0n) is 7.94. The molecule has 0 saturated heterocycles. The van der Waals surface area contributed by atoms with Gasteiger partial charge in [0.15, 0.2) is 0 Å². The van der Waals surface area contributed by atoms with E-state index in [-0.39, 0.29) is 0 Å². The first-order valence-electron chi connectivity index (χ1n) is 4.77. The predicted octanol–water partition coefficient (Wildman–Crippen LogP) is -0.497. The van der Waals surface area contributed by atoms with Crippen LogP contribution in [0.3, 0.4) is 0 Å². The van der Waals surface area contributed by atoms with Crippen molar-refractivity contribution in [2.24, 2.45) is 17.4 Å². The maximum absolute atomic E-state index is 11.1. The number of amides is 1. The standard InChI is InChI=1S/C9H14N4O/c10-4-6-1-2-13-8(3-6)7(5-12-13)9(11)14/h5-6H,1-4,10H2,(H2,11,14)/t6-/m0/s1. The zero-order chi connectivity index (χ0) is 10.1. The van der Waals surface area contributed by atoms with Crippen LogP contribution in [0.25, 0.3) is 0 Å². The Morgan fingerprint density at radius 3 is 3.14 bits per heavy atom. The van der Waals surface area contributed by atoms with Crippen LogP contribution in [0.5, 0.6) is 0 Å². The summed E-state index contributed by atoms with van der Waals surface area (Å²) in [6.45, 7) is 1.49. The molecule has 0 aliphatic carbocycles. The molecule has 0 bridgehead atoms. The predicted molar refractivity (Wildman–Crippen MR) is 51.6 cm³/mol. The molecule has 0 unspecified atom stereocenters. The fraction of sp³-hybridized carbons (Fsp3) is 0.556. The van der Waals surface area contributed by atoms with Gasteiger partial charge in [-0.05, 0) is 25.3 Å². The monoisotopic (exact) mass is 194 g/mol. The topological polar surface area (TPSA) is 86.9 Å². The fourth-order valence-corrected chi connectivity index (χ4v) is 1.91. The minimum atomic E-state index is -0.399. The summed E-state index contributed by atoms with van der Waals surface area (Å²) in [7, 11) is 0. The highest BCUT2D eigenvalue weighted by Crippen LogP contribution is 2.21. The molecular formula is C9H14N4O. The lowest BCUT2D eigenvalue weighted by Crippen LogP contribution is -2.27. The van der Waals surface area contributed by atoms with Crippen molar-refractivity contribution >= 4 is 5.91 Å². The summed E-state index contributed by atoms with van der Waals surface area (Å²) in [6, 6.07) is 0. The van der Waals surface area contributed by atoms with Crippen molar-refractivity contribution in [1.82, 2.24) is 9.78 Å². The molecule has 1 aliphatic heterocycles. The van der Waals surface area contributed by atoms with Crippen molar-refractivity contribution in [3.05, 3.63) is 17.5 Å². The Balaban J connectivity index is 2.32. The maximum Gasteiger partial charge on any atom is 0.252 e. The van der Waals surface area contributed by atoms with E-state index in [1.165, 1.54) is 0 Å². The van der Waals surface area contributed by atoms with Crippen LogP contribution in [-0.4, -0.2) is 22.2 Å². The van der Waals surface area contributed by atoms with Gasteiger partial charge >= 0.3 is 0 Å². The summed E-state index contributed by atoms with van der Waals surface area (Å²) >= 11 is 0. The van der Waals surface area contributed by atoms with Crippen LogP contribution in [0, 0.1) is 5.92 Å². The van der Waals surface area contributed by atoms with Crippen LogP contribution in [0.2, 0.25) is 0 Å². The van der Waals surface area contributed by atoms with Gasteiger partial charge in [0.05, 0.1) is 17.5 Å². The van der Waals surface area contributed by atoms with Crippen molar-refractivity contribution in [3.8, 4) is 0 Å². The molecule has 0 spiro atoms. The molecule has 2 heterocycles. The van der Waals surface area contributed by atoms with Crippen LogP contribution < -0.4 is 11.5 Å². The van der Waals surface area contributed by atoms with E-state index >= 15 is 0 Å². The third kappa shape index (κ3) is 1.39. The van der Waals surface area contributed by atoms with Crippen LogP contribution in [-0.2, 0) is 13.0 Å². The number of primary amides is 1. The van der Waals surface area contributed by atoms with Crippen molar-refractivity contribution in [1.29, 1.82) is 0 Å². The second-order valence-electron chi connectivity index (χ2n) is 3.69. The molecule has 0 fully saturated rings. The first-order chi connectivity index (χ1) is 6.72.